The summed E-state index contributed by atoms with van der Waals surface area (Å²) in [6, 6.07) is 15.7. The van der Waals surface area contributed by atoms with Gasteiger partial charge in [0.1, 0.15) is 5.75 Å². The summed E-state index contributed by atoms with van der Waals surface area (Å²) in [6.07, 6.45) is 1.20. The summed E-state index contributed by atoms with van der Waals surface area (Å²) in [5.74, 6) is 0.882. The summed E-state index contributed by atoms with van der Waals surface area (Å²) in [4.78, 5) is 11.9. The van der Waals surface area contributed by atoms with Gasteiger partial charge in [-0.15, -0.1) is 0 Å². The quantitative estimate of drug-likeness (QED) is 0.869. The molecule has 0 heterocycles. The van der Waals surface area contributed by atoms with E-state index in [1.54, 1.807) is 7.11 Å². The lowest BCUT2D eigenvalue weighted by molar-refractivity contribution is -0.120. The number of amides is 1. The lowest BCUT2D eigenvalue weighted by Gasteiger charge is -2.07. The Hall–Kier alpha value is -1.81. The second-order valence-electron chi connectivity index (χ2n) is 4.72. The van der Waals surface area contributed by atoms with Crippen molar-refractivity contribution in [2.45, 2.75) is 12.8 Å². The molecule has 0 aliphatic heterocycles. The molecule has 0 bridgehead atoms. The molecule has 0 aliphatic carbocycles. The van der Waals surface area contributed by atoms with Crippen molar-refractivity contribution in [1.29, 1.82) is 0 Å². The van der Waals surface area contributed by atoms with Gasteiger partial charge in [0, 0.05) is 11.0 Å². The van der Waals surface area contributed by atoms with E-state index in [0.29, 0.717) is 13.0 Å². The minimum atomic E-state index is 0.0374. The van der Waals surface area contributed by atoms with Crippen LogP contribution in [0.15, 0.2) is 53.0 Å². The van der Waals surface area contributed by atoms with Crippen LogP contribution >= 0.6 is 15.9 Å². The topological polar surface area (TPSA) is 38.3 Å². The average molecular weight is 348 g/mol. The fourth-order valence-electron chi connectivity index (χ4n) is 2.02. The van der Waals surface area contributed by atoms with Crippen molar-refractivity contribution in [3.8, 4) is 5.75 Å². The van der Waals surface area contributed by atoms with Crippen LogP contribution in [0.2, 0.25) is 0 Å². The number of hydrogen-bond donors (Lipinski definition) is 1. The van der Waals surface area contributed by atoms with Crippen LogP contribution in [0.3, 0.4) is 0 Å². The van der Waals surface area contributed by atoms with Crippen LogP contribution in [0.25, 0.3) is 0 Å². The molecule has 4 heteroatoms. The third kappa shape index (κ3) is 4.90. The zero-order chi connectivity index (χ0) is 15.1. The molecule has 0 radical (unpaired) electrons. The van der Waals surface area contributed by atoms with Gasteiger partial charge in [-0.05, 0) is 35.7 Å². The fraction of sp³-hybridized carbons (Fsp3) is 0.235. The van der Waals surface area contributed by atoms with Crippen LogP contribution in [-0.2, 0) is 17.6 Å². The van der Waals surface area contributed by atoms with E-state index in [4.69, 9.17) is 4.74 Å². The predicted octanol–water partition coefficient (Wildman–Crippen LogP) is 3.36. The molecule has 0 saturated heterocycles. The molecule has 2 aromatic carbocycles. The number of nitrogens with one attached hydrogen (secondary N) is 1. The number of carbonyl (C=O) groups excluding carboxylic acids is 1. The molecule has 3 nitrogen and oxygen atoms in total. The Morgan fingerprint density at radius 3 is 2.52 bits per heavy atom. The van der Waals surface area contributed by atoms with Crippen molar-refractivity contribution in [3.63, 3.8) is 0 Å². The Labute approximate surface area is 133 Å². The first kappa shape index (κ1) is 15.6. The molecular formula is C17H18BrNO2. The Morgan fingerprint density at radius 1 is 1.14 bits per heavy atom. The first-order valence-electron chi connectivity index (χ1n) is 6.82. The number of methoxy groups -OCH3 is 1. The molecular weight excluding hydrogens is 330 g/mol. The molecule has 2 rings (SSSR count). The highest BCUT2D eigenvalue weighted by Crippen LogP contribution is 2.16. The van der Waals surface area contributed by atoms with Gasteiger partial charge in [-0.3, -0.25) is 4.79 Å². The Balaban J connectivity index is 1.77. The van der Waals surface area contributed by atoms with Gasteiger partial charge in [0.2, 0.25) is 5.91 Å². The van der Waals surface area contributed by atoms with E-state index < -0.39 is 0 Å². The Bertz CT molecular complexity index is 596. The highest BCUT2D eigenvalue weighted by molar-refractivity contribution is 9.10. The van der Waals surface area contributed by atoms with Crippen molar-refractivity contribution >= 4 is 21.8 Å². The van der Waals surface area contributed by atoms with Gasteiger partial charge in [-0.25, -0.2) is 0 Å². The zero-order valence-electron chi connectivity index (χ0n) is 11.9. The SMILES string of the molecule is COc1ccc(CCNC(=O)Cc2ccccc2Br)cc1. The first-order chi connectivity index (χ1) is 10.2. The van der Waals surface area contributed by atoms with E-state index in [1.165, 1.54) is 5.56 Å². The van der Waals surface area contributed by atoms with Gasteiger partial charge in [-0.1, -0.05) is 46.3 Å². The van der Waals surface area contributed by atoms with Crippen molar-refractivity contribution in [3.05, 3.63) is 64.1 Å². The van der Waals surface area contributed by atoms with Gasteiger partial charge < -0.3 is 10.1 Å². The monoisotopic (exact) mass is 347 g/mol. The summed E-state index contributed by atoms with van der Waals surface area (Å²) in [6.45, 7) is 0.635. The van der Waals surface area contributed by atoms with Gasteiger partial charge in [0.25, 0.3) is 0 Å². The highest BCUT2D eigenvalue weighted by Gasteiger charge is 2.05. The van der Waals surface area contributed by atoms with Crippen LogP contribution in [-0.4, -0.2) is 19.6 Å². The van der Waals surface area contributed by atoms with Gasteiger partial charge >= 0.3 is 0 Å². The maximum absolute atomic E-state index is 11.9. The molecule has 2 aromatic rings. The van der Waals surface area contributed by atoms with Gasteiger partial charge in [-0.2, -0.15) is 0 Å². The minimum Gasteiger partial charge on any atom is -0.497 e. The fourth-order valence-corrected chi connectivity index (χ4v) is 2.44. The first-order valence-corrected chi connectivity index (χ1v) is 7.61. The lowest BCUT2D eigenvalue weighted by atomic mass is 10.1. The van der Waals surface area contributed by atoms with Crippen LogP contribution in [0, 0.1) is 0 Å². The van der Waals surface area contributed by atoms with E-state index >= 15 is 0 Å². The minimum absolute atomic E-state index is 0.0374. The third-order valence-corrected chi connectivity index (χ3v) is 3.98. The Morgan fingerprint density at radius 2 is 1.86 bits per heavy atom. The summed E-state index contributed by atoms with van der Waals surface area (Å²) in [5.41, 5.74) is 2.18. The van der Waals surface area contributed by atoms with Crippen molar-refractivity contribution in [2.24, 2.45) is 0 Å². The molecule has 0 atom stereocenters. The molecule has 0 spiro atoms. The Kier molecular flexibility index (Phi) is 5.81. The van der Waals surface area contributed by atoms with Crippen molar-refractivity contribution in [1.82, 2.24) is 5.32 Å². The maximum atomic E-state index is 11.9. The van der Waals surface area contributed by atoms with Crippen LogP contribution in [0.4, 0.5) is 0 Å². The van der Waals surface area contributed by atoms with Gasteiger partial charge in [0.05, 0.1) is 13.5 Å². The molecule has 1 N–H and O–H groups in total. The number of halogens is 1. The number of carbonyl (C=O) groups is 1. The van der Waals surface area contributed by atoms with Gasteiger partial charge in [0.15, 0.2) is 0 Å². The molecule has 0 fully saturated rings. The number of rotatable bonds is 6. The van der Waals surface area contributed by atoms with Crippen molar-refractivity contribution < 1.29 is 9.53 Å². The largest absolute Gasteiger partial charge is 0.497 e. The lowest BCUT2D eigenvalue weighted by Crippen LogP contribution is -2.27. The number of hydrogen-bond acceptors (Lipinski definition) is 2. The van der Waals surface area contributed by atoms with Crippen LogP contribution in [0.5, 0.6) is 5.75 Å². The third-order valence-electron chi connectivity index (χ3n) is 3.20. The number of benzene rings is 2. The second kappa shape index (κ2) is 7.84. The van der Waals surface area contributed by atoms with Crippen LogP contribution < -0.4 is 10.1 Å². The molecule has 1 amide bonds. The van der Waals surface area contributed by atoms with E-state index in [1.807, 2.05) is 48.5 Å². The molecule has 110 valence electrons. The van der Waals surface area contributed by atoms with E-state index in [-0.39, 0.29) is 5.91 Å². The summed E-state index contributed by atoms with van der Waals surface area (Å²) < 4.78 is 6.08. The summed E-state index contributed by atoms with van der Waals surface area (Å²) in [5, 5.41) is 2.94. The predicted molar refractivity (Wildman–Crippen MR) is 87.6 cm³/mol. The normalized spacial score (nSPS) is 10.2. The van der Waals surface area contributed by atoms with E-state index in [0.717, 1.165) is 22.2 Å². The molecule has 0 unspecified atom stereocenters. The zero-order valence-corrected chi connectivity index (χ0v) is 13.5. The van der Waals surface area contributed by atoms with Crippen molar-refractivity contribution in [2.75, 3.05) is 13.7 Å². The molecule has 0 saturated carbocycles. The second-order valence-corrected chi connectivity index (χ2v) is 5.57. The molecule has 0 aromatic heterocycles. The molecule has 0 aliphatic rings. The van der Waals surface area contributed by atoms with E-state index in [2.05, 4.69) is 21.2 Å². The van der Waals surface area contributed by atoms with E-state index in [9.17, 15) is 4.79 Å². The highest BCUT2D eigenvalue weighted by atomic mass is 79.9. The number of ether oxygens (including phenoxy) is 1. The summed E-state index contributed by atoms with van der Waals surface area (Å²) in [7, 11) is 1.65. The maximum Gasteiger partial charge on any atom is 0.224 e. The van der Waals surface area contributed by atoms with Crippen LogP contribution in [0.1, 0.15) is 11.1 Å². The standard InChI is InChI=1S/C17H18BrNO2/c1-21-15-8-6-13(7-9-15)10-11-19-17(20)12-14-4-2-3-5-16(14)18/h2-9H,10-12H2,1H3,(H,19,20). The smallest absolute Gasteiger partial charge is 0.224 e. The molecule has 21 heavy (non-hydrogen) atoms. The average Bonchev–Trinajstić information content (AvgIpc) is 2.50. The summed E-state index contributed by atoms with van der Waals surface area (Å²) >= 11 is 3.45.